The zero-order chi connectivity index (χ0) is 13.2. The Labute approximate surface area is 107 Å². The normalized spacial score (nSPS) is 36.3. The van der Waals surface area contributed by atoms with Gasteiger partial charge in [0.25, 0.3) is 0 Å². The van der Waals surface area contributed by atoms with E-state index in [0.717, 1.165) is 25.7 Å². The molecule has 2 aliphatic rings. The van der Waals surface area contributed by atoms with E-state index in [2.05, 4.69) is 12.2 Å². The van der Waals surface area contributed by atoms with Crippen LogP contribution in [0, 0.1) is 11.8 Å². The molecule has 1 saturated heterocycles. The van der Waals surface area contributed by atoms with Crippen molar-refractivity contribution in [2.45, 2.75) is 44.6 Å². The lowest BCUT2D eigenvalue weighted by molar-refractivity contribution is -0.148. The fourth-order valence-corrected chi connectivity index (χ4v) is 2.92. The second-order valence-corrected chi connectivity index (χ2v) is 5.55. The summed E-state index contributed by atoms with van der Waals surface area (Å²) < 4.78 is 5.14. The lowest BCUT2D eigenvalue weighted by Crippen LogP contribution is -2.57. The number of carbonyl (C=O) groups excluding carboxylic acids is 1. The second kappa shape index (κ2) is 5.26. The van der Waals surface area contributed by atoms with Crippen molar-refractivity contribution in [3.05, 3.63) is 0 Å². The van der Waals surface area contributed by atoms with Gasteiger partial charge in [-0.15, -0.1) is 0 Å². The molecule has 0 radical (unpaired) electrons. The molecule has 0 aromatic carbocycles. The van der Waals surface area contributed by atoms with Crippen molar-refractivity contribution in [2.24, 2.45) is 11.8 Å². The van der Waals surface area contributed by atoms with Crippen molar-refractivity contribution in [3.63, 3.8) is 0 Å². The van der Waals surface area contributed by atoms with Gasteiger partial charge in [0.15, 0.2) is 5.54 Å². The van der Waals surface area contributed by atoms with E-state index in [0.29, 0.717) is 18.9 Å². The largest absolute Gasteiger partial charge is 0.479 e. The van der Waals surface area contributed by atoms with Crippen LogP contribution in [0.1, 0.15) is 39.0 Å². The number of amides is 1. The van der Waals surface area contributed by atoms with Gasteiger partial charge in [0.05, 0.1) is 6.61 Å². The maximum absolute atomic E-state index is 12.2. The number of ether oxygens (including phenoxy) is 1. The van der Waals surface area contributed by atoms with Gasteiger partial charge in [-0.3, -0.25) is 4.79 Å². The molecular weight excluding hydrogens is 234 g/mol. The molecule has 2 fully saturated rings. The molecule has 3 atom stereocenters. The minimum Gasteiger partial charge on any atom is -0.479 e. The molecule has 18 heavy (non-hydrogen) atoms. The lowest BCUT2D eigenvalue weighted by atomic mass is 9.79. The maximum atomic E-state index is 12.2. The van der Waals surface area contributed by atoms with Crippen molar-refractivity contribution in [1.29, 1.82) is 0 Å². The van der Waals surface area contributed by atoms with Gasteiger partial charge >= 0.3 is 5.97 Å². The molecule has 2 rings (SSSR count). The second-order valence-electron chi connectivity index (χ2n) is 5.55. The van der Waals surface area contributed by atoms with Crippen LogP contribution in [0.15, 0.2) is 0 Å². The zero-order valence-electron chi connectivity index (χ0n) is 10.8. The summed E-state index contributed by atoms with van der Waals surface area (Å²) >= 11 is 0. The van der Waals surface area contributed by atoms with Crippen LogP contribution >= 0.6 is 0 Å². The Morgan fingerprint density at radius 1 is 1.33 bits per heavy atom. The van der Waals surface area contributed by atoms with E-state index in [4.69, 9.17) is 4.74 Å². The van der Waals surface area contributed by atoms with E-state index in [1.165, 1.54) is 0 Å². The lowest BCUT2D eigenvalue weighted by Gasteiger charge is -2.31. The maximum Gasteiger partial charge on any atom is 0.331 e. The Bertz CT molecular complexity index is 336. The third-order valence-electron chi connectivity index (χ3n) is 4.24. The number of hydrogen-bond acceptors (Lipinski definition) is 3. The van der Waals surface area contributed by atoms with Crippen LogP contribution < -0.4 is 5.32 Å². The van der Waals surface area contributed by atoms with Crippen molar-refractivity contribution in [1.82, 2.24) is 5.32 Å². The fraction of sp³-hybridized carbons (Fsp3) is 0.846. The molecule has 1 heterocycles. The molecule has 5 nitrogen and oxygen atoms in total. The highest BCUT2D eigenvalue weighted by atomic mass is 16.5. The van der Waals surface area contributed by atoms with Gasteiger partial charge in [-0.1, -0.05) is 19.8 Å². The number of aliphatic carboxylic acids is 1. The van der Waals surface area contributed by atoms with Gasteiger partial charge in [-0.05, 0) is 18.8 Å². The summed E-state index contributed by atoms with van der Waals surface area (Å²) in [5.41, 5.74) is -1.20. The summed E-state index contributed by atoms with van der Waals surface area (Å²) in [5, 5.41) is 12.0. The van der Waals surface area contributed by atoms with E-state index in [1.807, 2.05) is 0 Å². The number of carboxylic acid groups (broad SMARTS) is 1. The summed E-state index contributed by atoms with van der Waals surface area (Å²) in [7, 11) is 0. The third kappa shape index (κ3) is 2.51. The summed E-state index contributed by atoms with van der Waals surface area (Å²) in [6.45, 7) is 2.55. The smallest absolute Gasteiger partial charge is 0.331 e. The van der Waals surface area contributed by atoms with Crippen LogP contribution in [0.3, 0.4) is 0 Å². The zero-order valence-corrected chi connectivity index (χ0v) is 10.8. The van der Waals surface area contributed by atoms with Crippen molar-refractivity contribution in [3.8, 4) is 0 Å². The standard InChI is InChI=1S/C13H21NO4/c1-9-4-2-3-5-10(9)11(15)14-13(12(16)17)6-7-18-8-13/h9-10H,2-8H2,1H3,(H,14,15)(H,16,17). The first-order chi connectivity index (χ1) is 8.55. The number of hydrogen-bond donors (Lipinski definition) is 2. The van der Waals surface area contributed by atoms with E-state index in [9.17, 15) is 14.7 Å². The van der Waals surface area contributed by atoms with Crippen LogP contribution in [0.2, 0.25) is 0 Å². The molecule has 0 spiro atoms. The Hall–Kier alpha value is -1.10. The van der Waals surface area contributed by atoms with Gasteiger partial charge in [-0.2, -0.15) is 0 Å². The summed E-state index contributed by atoms with van der Waals surface area (Å²) in [5.74, 6) is -0.811. The highest BCUT2D eigenvalue weighted by molar-refractivity contribution is 5.88. The van der Waals surface area contributed by atoms with E-state index < -0.39 is 11.5 Å². The minimum atomic E-state index is -1.20. The van der Waals surface area contributed by atoms with Crippen molar-refractivity contribution >= 4 is 11.9 Å². The molecule has 102 valence electrons. The number of carbonyl (C=O) groups is 2. The Kier molecular flexibility index (Phi) is 3.90. The van der Waals surface area contributed by atoms with E-state index in [1.54, 1.807) is 0 Å². The summed E-state index contributed by atoms with van der Waals surface area (Å²) in [6.07, 6.45) is 4.49. The molecule has 0 aromatic heterocycles. The minimum absolute atomic E-state index is 0.0458. The predicted octanol–water partition coefficient (Wildman–Crippen LogP) is 1.17. The van der Waals surface area contributed by atoms with E-state index in [-0.39, 0.29) is 18.4 Å². The van der Waals surface area contributed by atoms with Gasteiger partial charge in [0, 0.05) is 18.9 Å². The first kappa shape index (κ1) is 13.3. The highest BCUT2D eigenvalue weighted by Gasteiger charge is 2.45. The van der Waals surface area contributed by atoms with Gasteiger partial charge < -0.3 is 15.2 Å². The first-order valence-electron chi connectivity index (χ1n) is 6.68. The first-order valence-corrected chi connectivity index (χ1v) is 6.68. The van der Waals surface area contributed by atoms with Crippen LogP contribution in [0.25, 0.3) is 0 Å². The van der Waals surface area contributed by atoms with Crippen molar-refractivity contribution in [2.75, 3.05) is 13.2 Å². The number of carboxylic acids is 1. The van der Waals surface area contributed by atoms with Crippen LogP contribution in [-0.4, -0.2) is 35.7 Å². The molecule has 1 aliphatic carbocycles. The van der Waals surface area contributed by atoms with Crippen LogP contribution in [-0.2, 0) is 14.3 Å². The fourth-order valence-electron chi connectivity index (χ4n) is 2.92. The number of rotatable bonds is 3. The average molecular weight is 255 g/mol. The molecule has 1 saturated carbocycles. The molecule has 0 bridgehead atoms. The topological polar surface area (TPSA) is 75.6 Å². The molecule has 1 amide bonds. The molecule has 0 aromatic rings. The quantitative estimate of drug-likeness (QED) is 0.794. The van der Waals surface area contributed by atoms with Gasteiger partial charge in [-0.25, -0.2) is 4.79 Å². The summed E-state index contributed by atoms with van der Waals surface area (Å²) in [6, 6.07) is 0. The molecule has 2 N–H and O–H groups in total. The monoisotopic (exact) mass is 255 g/mol. The number of nitrogens with one attached hydrogen (secondary N) is 1. The Balaban J connectivity index is 2.03. The van der Waals surface area contributed by atoms with Crippen LogP contribution in [0.5, 0.6) is 0 Å². The molecule has 1 aliphatic heterocycles. The molecule has 3 unspecified atom stereocenters. The van der Waals surface area contributed by atoms with Gasteiger partial charge in [0.1, 0.15) is 0 Å². The van der Waals surface area contributed by atoms with Crippen LogP contribution in [0.4, 0.5) is 0 Å². The van der Waals surface area contributed by atoms with Crippen molar-refractivity contribution < 1.29 is 19.4 Å². The SMILES string of the molecule is CC1CCCCC1C(=O)NC1(C(=O)O)CCOC1. The predicted molar refractivity (Wildman–Crippen MR) is 65.1 cm³/mol. The molecular formula is C13H21NO4. The summed E-state index contributed by atoms with van der Waals surface area (Å²) in [4.78, 5) is 23.6. The highest BCUT2D eigenvalue weighted by Crippen LogP contribution is 2.30. The molecule has 5 heteroatoms. The van der Waals surface area contributed by atoms with E-state index >= 15 is 0 Å². The third-order valence-corrected chi connectivity index (χ3v) is 4.24. The van der Waals surface area contributed by atoms with Gasteiger partial charge in [0.2, 0.25) is 5.91 Å². The average Bonchev–Trinajstić information content (AvgIpc) is 2.79. The Morgan fingerprint density at radius 3 is 2.61 bits per heavy atom. The Morgan fingerprint density at radius 2 is 2.06 bits per heavy atom.